The van der Waals surface area contributed by atoms with Gasteiger partial charge in [-0.3, -0.25) is 14.5 Å². The first-order valence-corrected chi connectivity index (χ1v) is 10.1. The number of piperidine rings is 1. The Balaban J connectivity index is 1.52. The summed E-state index contributed by atoms with van der Waals surface area (Å²) < 4.78 is 1.55. The van der Waals surface area contributed by atoms with Gasteiger partial charge in [0.2, 0.25) is 5.95 Å². The predicted molar refractivity (Wildman–Crippen MR) is 114 cm³/mol. The van der Waals surface area contributed by atoms with E-state index in [0.29, 0.717) is 46.4 Å². The van der Waals surface area contributed by atoms with Gasteiger partial charge >= 0.3 is 0 Å². The maximum atomic E-state index is 12.7. The molecule has 3 N–H and O–H groups in total. The van der Waals surface area contributed by atoms with E-state index in [1.807, 2.05) is 13.1 Å². The second kappa shape index (κ2) is 7.95. The van der Waals surface area contributed by atoms with E-state index in [0.717, 1.165) is 18.7 Å². The van der Waals surface area contributed by atoms with Crippen LogP contribution in [0.4, 0.5) is 5.95 Å². The smallest absolute Gasteiger partial charge is 0.278 e. The van der Waals surface area contributed by atoms with Gasteiger partial charge in [0.05, 0.1) is 28.4 Å². The number of aromatic nitrogens is 4. The lowest BCUT2D eigenvalue weighted by Crippen LogP contribution is -2.45. The highest BCUT2D eigenvalue weighted by Gasteiger charge is 2.32. The molecule has 3 aromatic rings. The molecule has 1 saturated heterocycles. The summed E-state index contributed by atoms with van der Waals surface area (Å²) in [5.41, 5.74) is 0.560. The van der Waals surface area contributed by atoms with Crippen molar-refractivity contribution < 1.29 is 5.11 Å². The molecule has 4 rings (SSSR count). The van der Waals surface area contributed by atoms with E-state index >= 15 is 0 Å². The largest absolute Gasteiger partial charge is 0.388 e. The summed E-state index contributed by atoms with van der Waals surface area (Å²) in [5, 5.41) is 19.2. The van der Waals surface area contributed by atoms with Crippen LogP contribution in [-0.4, -0.2) is 55.5 Å². The van der Waals surface area contributed by atoms with Crippen molar-refractivity contribution in [1.29, 1.82) is 0 Å². The molecule has 0 unspecified atom stereocenters. The van der Waals surface area contributed by atoms with Gasteiger partial charge in [-0.25, -0.2) is 4.98 Å². The molecule has 0 bridgehead atoms. The van der Waals surface area contributed by atoms with Crippen molar-refractivity contribution in [3.63, 3.8) is 0 Å². The molecule has 29 heavy (non-hydrogen) atoms. The van der Waals surface area contributed by atoms with Gasteiger partial charge in [-0.05, 0) is 37.6 Å². The van der Waals surface area contributed by atoms with Gasteiger partial charge < -0.3 is 15.3 Å². The van der Waals surface area contributed by atoms with Gasteiger partial charge in [-0.2, -0.15) is 5.10 Å². The molecule has 0 radical (unpaired) electrons. The van der Waals surface area contributed by atoms with Crippen LogP contribution in [0.15, 0.2) is 29.2 Å². The third-order valence-electron chi connectivity index (χ3n) is 5.31. The fourth-order valence-corrected chi connectivity index (χ4v) is 3.84. The maximum absolute atomic E-state index is 12.7. The summed E-state index contributed by atoms with van der Waals surface area (Å²) in [4.78, 5) is 22.0. The average Bonchev–Trinajstić information content (AvgIpc) is 3.08. The number of hydrogen-bond acceptors (Lipinski definition) is 6. The van der Waals surface area contributed by atoms with Crippen molar-refractivity contribution in [1.82, 2.24) is 24.6 Å². The van der Waals surface area contributed by atoms with Gasteiger partial charge in [0.25, 0.3) is 5.56 Å². The zero-order valence-electron chi connectivity index (χ0n) is 16.0. The molecule has 3 heterocycles. The van der Waals surface area contributed by atoms with Crippen LogP contribution in [0.1, 0.15) is 18.4 Å². The molecule has 2 aromatic heterocycles. The highest BCUT2D eigenvalue weighted by atomic mass is 35.5. The number of rotatable bonds is 5. The second-order valence-corrected chi connectivity index (χ2v) is 8.39. The molecule has 154 valence electrons. The molecule has 10 heteroatoms. The number of fused-ring (bicyclic) bond motifs is 1. The van der Waals surface area contributed by atoms with E-state index in [1.54, 1.807) is 23.0 Å². The zero-order chi connectivity index (χ0) is 20.6. The highest BCUT2D eigenvalue weighted by Crippen LogP contribution is 2.25. The number of H-pyrrole nitrogens is 1. The Kier molecular flexibility index (Phi) is 5.52. The third kappa shape index (κ3) is 4.40. The lowest BCUT2D eigenvalue weighted by molar-refractivity contribution is -0.0306. The van der Waals surface area contributed by atoms with Crippen LogP contribution in [0.5, 0.6) is 0 Å². The summed E-state index contributed by atoms with van der Waals surface area (Å²) in [5.74, 6) is 0.339. The van der Waals surface area contributed by atoms with Crippen LogP contribution in [0, 0.1) is 0 Å². The molecular weight excluding hydrogens is 415 g/mol. The van der Waals surface area contributed by atoms with E-state index in [9.17, 15) is 9.90 Å². The minimum Gasteiger partial charge on any atom is -0.388 e. The second-order valence-electron chi connectivity index (χ2n) is 7.58. The number of halogens is 2. The molecule has 8 nitrogen and oxygen atoms in total. The predicted octanol–water partition coefficient (Wildman–Crippen LogP) is 2.50. The van der Waals surface area contributed by atoms with Gasteiger partial charge in [0.1, 0.15) is 5.52 Å². The monoisotopic (exact) mass is 436 g/mol. The van der Waals surface area contributed by atoms with E-state index in [-0.39, 0.29) is 12.1 Å². The number of likely N-dealkylation sites (tertiary alicyclic amines) is 1. The molecule has 1 fully saturated rings. The quantitative estimate of drug-likeness (QED) is 0.568. The minimum atomic E-state index is -0.872. The minimum absolute atomic E-state index is 0.269. The summed E-state index contributed by atoms with van der Waals surface area (Å²) in [6.07, 6.45) is 2.83. The van der Waals surface area contributed by atoms with Gasteiger partial charge in [0.15, 0.2) is 5.52 Å². The Morgan fingerprint density at radius 1 is 1.28 bits per heavy atom. The van der Waals surface area contributed by atoms with Crippen molar-refractivity contribution >= 4 is 40.2 Å². The number of benzene rings is 1. The van der Waals surface area contributed by atoms with Crippen LogP contribution in [0.25, 0.3) is 11.0 Å². The molecular formula is C19H22Cl2N6O2. The normalized spacial score (nSPS) is 17.0. The van der Waals surface area contributed by atoms with Crippen LogP contribution in [0.2, 0.25) is 10.0 Å². The Bertz CT molecular complexity index is 1090. The average molecular weight is 437 g/mol. The van der Waals surface area contributed by atoms with Crippen molar-refractivity contribution in [2.75, 3.05) is 25.5 Å². The molecule has 0 amide bonds. The molecule has 0 spiro atoms. The molecule has 0 saturated carbocycles. The summed E-state index contributed by atoms with van der Waals surface area (Å²) >= 11 is 12.0. The van der Waals surface area contributed by atoms with Crippen molar-refractivity contribution in [2.24, 2.45) is 0 Å². The summed E-state index contributed by atoms with van der Waals surface area (Å²) in [6.45, 7) is 2.32. The molecule has 1 aliphatic heterocycles. The fourth-order valence-electron chi connectivity index (χ4n) is 3.52. The summed E-state index contributed by atoms with van der Waals surface area (Å²) in [7, 11) is 2.03. The Morgan fingerprint density at radius 2 is 2.03 bits per heavy atom. The highest BCUT2D eigenvalue weighted by molar-refractivity contribution is 6.42. The van der Waals surface area contributed by atoms with Crippen LogP contribution < -0.4 is 10.9 Å². The van der Waals surface area contributed by atoms with Crippen molar-refractivity contribution in [3.8, 4) is 0 Å². The first kappa shape index (κ1) is 20.2. The van der Waals surface area contributed by atoms with Crippen molar-refractivity contribution in [3.05, 3.63) is 50.4 Å². The van der Waals surface area contributed by atoms with Gasteiger partial charge in [0, 0.05) is 19.6 Å². The molecule has 0 aliphatic carbocycles. The number of aromatic amines is 1. The van der Waals surface area contributed by atoms with E-state index in [2.05, 4.69) is 25.3 Å². The lowest BCUT2D eigenvalue weighted by atomic mass is 9.91. The third-order valence-corrected chi connectivity index (χ3v) is 6.04. The topological polar surface area (TPSA) is 99.1 Å². The van der Waals surface area contributed by atoms with E-state index in [4.69, 9.17) is 23.2 Å². The Morgan fingerprint density at radius 3 is 2.76 bits per heavy atom. The summed E-state index contributed by atoms with van der Waals surface area (Å²) in [6, 6.07) is 5.32. The van der Waals surface area contributed by atoms with Crippen LogP contribution in [0.3, 0.4) is 0 Å². The van der Waals surface area contributed by atoms with E-state index in [1.165, 1.54) is 0 Å². The first-order valence-electron chi connectivity index (χ1n) is 9.38. The number of aliphatic hydroxyl groups is 1. The number of nitrogens with zero attached hydrogens (tertiary/aromatic N) is 4. The van der Waals surface area contributed by atoms with Gasteiger partial charge in [-0.15, -0.1) is 0 Å². The van der Waals surface area contributed by atoms with Gasteiger partial charge in [-0.1, -0.05) is 29.3 Å². The number of hydrogen-bond donors (Lipinski definition) is 3. The standard InChI is InChI=1S/C19H22Cl2N6O2/c1-26-6-4-19(29,5-7-26)11-27-16-15(10-23-27)24-18(25-17(16)28)22-9-12-2-3-13(20)14(21)8-12/h2-3,8,10,29H,4-7,9,11H2,1H3,(H2,22,24,25,28). The maximum Gasteiger partial charge on any atom is 0.278 e. The Hall–Kier alpha value is -2.13. The molecule has 0 atom stereocenters. The van der Waals surface area contributed by atoms with Crippen molar-refractivity contribution in [2.45, 2.75) is 31.5 Å². The van der Waals surface area contributed by atoms with E-state index < -0.39 is 5.60 Å². The zero-order valence-corrected chi connectivity index (χ0v) is 17.5. The molecule has 1 aliphatic rings. The SMILES string of the molecule is CN1CCC(O)(Cn2ncc3nc(NCc4ccc(Cl)c(Cl)c4)[nH]c(=O)c32)CC1. The van der Waals surface area contributed by atoms with Crippen LogP contribution in [-0.2, 0) is 13.1 Å². The van der Waals surface area contributed by atoms with Crippen LogP contribution >= 0.6 is 23.2 Å². The number of nitrogens with one attached hydrogen (secondary N) is 2. The lowest BCUT2D eigenvalue weighted by Gasteiger charge is -2.36. The fraction of sp³-hybridized carbons (Fsp3) is 0.421. The first-order chi connectivity index (χ1) is 13.8. The molecule has 1 aromatic carbocycles. The number of anilines is 1. The Labute approximate surface area is 177 Å².